The molecule has 1 amide bonds. The second-order valence-corrected chi connectivity index (χ2v) is 6.93. The van der Waals surface area contributed by atoms with E-state index in [1.807, 2.05) is 20.8 Å². The zero-order valence-corrected chi connectivity index (χ0v) is 14.3. The Balaban J connectivity index is 2.14. The van der Waals surface area contributed by atoms with E-state index in [2.05, 4.69) is 5.32 Å². The van der Waals surface area contributed by atoms with E-state index in [1.54, 1.807) is 19.1 Å². The lowest BCUT2D eigenvalue weighted by Crippen LogP contribution is -2.39. The summed E-state index contributed by atoms with van der Waals surface area (Å²) in [5.74, 6) is 0. The van der Waals surface area contributed by atoms with Gasteiger partial charge in [-0.25, -0.2) is 4.79 Å². The summed E-state index contributed by atoms with van der Waals surface area (Å²) in [6.45, 7) is 7.29. The van der Waals surface area contributed by atoms with Crippen molar-refractivity contribution < 1.29 is 14.3 Å². The van der Waals surface area contributed by atoms with Gasteiger partial charge in [0.05, 0.1) is 6.10 Å². The van der Waals surface area contributed by atoms with Crippen LogP contribution >= 0.6 is 0 Å². The molecule has 0 bridgehead atoms. The van der Waals surface area contributed by atoms with E-state index in [9.17, 15) is 4.79 Å². The molecule has 2 unspecified atom stereocenters. The molecule has 5 heteroatoms. The maximum absolute atomic E-state index is 11.8. The summed E-state index contributed by atoms with van der Waals surface area (Å²) in [5, 5.41) is 3.57. The van der Waals surface area contributed by atoms with Gasteiger partial charge in [-0.15, -0.1) is 0 Å². The van der Waals surface area contributed by atoms with Crippen molar-refractivity contribution >= 4 is 6.09 Å². The second-order valence-electron chi connectivity index (χ2n) is 6.93. The van der Waals surface area contributed by atoms with Crippen molar-refractivity contribution in [1.29, 1.82) is 0 Å². The molecule has 0 saturated heterocycles. The zero-order chi connectivity index (χ0) is 15.9. The van der Waals surface area contributed by atoms with Gasteiger partial charge in [-0.2, -0.15) is 0 Å². The minimum atomic E-state index is -0.430. The molecule has 0 aliphatic heterocycles. The average molecular weight is 300 g/mol. The van der Waals surface area contributed by atoms with Crippen LogP contribution in [0.25, 0.3) is 0 Å². The molecule has 0 aromatic heterocycles. The van der Waals surface area contributed by atoms with Gasteiger partial charge in [0, 0.05) is 26.7 Å². The van der Waals surface area contributed by atoms with Gasteiger partial charge in [0.25, 0.3) is 0 Å². The molecule has 124 valence electrons. The molecule has 1 N–H and O–H groups in total. The number of methoxy groups -OCH3 is 1. The van der Waals surface area contributed by atoms with Gasteiger partial charge in [0.2, 0.25) is 0 Å². The number of rotatable bonds is 6. The molecule has 2 atom stereocenters. The van der Waals surface area contributed by atoms with E-state index >= 15 is 0 Å². The fourth-order valence-electron chi connectivity index (χ4n) is 2.60. The maximum Gasteiger partial charge on any atom is 0.410 e. The molecule has 0 heterocycles. The van der Waals surface area contributed by atoms with E-state index in [0.29, 0.717) is 18.7 Å². The molecule has 0 aromatic rings. The minimum Gasteiger partial charge on any atom is -0.444 e. The normalized spacial score (nSPS) is 22.9. The first kappa shape index (κ1) is 18.2. The van der Waals surface area contributed by atoms with E-state index in [-0.39, 0.29) is 6.09 Å². The molecule has 1 fully saturated rings. The fourth-order valence-corrected chi connectivity index (χ4v) is 2.60. The number of nitrogens with one attached hydrogen (secondary N) is 1. The van der Waals surface area contributed by atoms with Gasteiger partial charge >= 0.3 is 6.09 Å². The number of nitrogens with zero attached hydrogens (tertiary/aromatic N) is 1. The van der Waals surface area contributed by atoms with Crippen LogP contribution in [0.4, 0.5) is 4.79 Å². The Hall–Kier alpha value is -0.810. The van der Waals surface area contributed by atoms with Crippen molar-refractivity contribution in [3.05, 3.63) is 0 Å². The van der Waals surface area contributed by atoms with Crippen LogP contribution in [0.1, 0.15) is 52.9 Å². The van der Waals surface area contributed by atoms with Crippen molar-refractivity contribution in [2.24, 2.45) is 0 Å². The molecule has 5 nitrogen and oxygen atoms in total. The third-order valence-corrected chi connectivity index (χ3v) is 3.77. The highest BCUT2D eigenvalue weighted by atomic mass is 16.6. The van der Waals surface area contributed by atoms with Crippen molar-refractivity contribution in [1.82, 2.24) is 10.2 Å². The largest absolute Gasteiger partial charge is 0.444 e. The smallest absolute Gasteiger partial charge is 0.410 e. The molecule has 0 spiro atoms. The van der Waals surface area contributed by atoms with Crippen molar-refractivity contribution in [2.75, 3.05) is 27.2 Å². The zero-order valence-electron chi connectivity index (χ0n) is 14.3. The standard InChI is InChI=1S/C16H32N2O3/c1-16(2,3)21-15(19)18(4)11-7-10-17-13-8-6-9-14(12-13)20-5/h13-14,17H,6-12H2,1-5H3. The lowest BCUT2D eigenvalue weighted by molar-refractivity contribution is 0.0296. The number of hydrogen-bond donors (Lipinski definition) is 1. The topological polar surface area (TPSA) is 50.8 Å². The third kappa shape index (κ3) is 7.67. The van der Waals surface area contributed by atoms with Crippen LogP contribution in [-0.2, 0) is 9.47 Å². The van der Waals surface area contributed by atoms with Crippen LogP contribution in [0, 0.1) is 0 Å². The lowest BCUT2D eigenvalue weighted by atomic mass is 9.93. The molecule has 21 heavy (non-hydrogen) atoms. The summed E-state index contributed by atoms with van der Waals surface area (Å²) in [7, 11) is 3.58. The van der Waals surface area contributed by atoms with Crippen LogP contribution in [-0.4, -0.2) is 56.0 Å². The molecule has 1 saturated carbocycles. The Morgan fingerprint density at radius 2 is 2.05 bits per heavy atom. The molecule has 1 aliphatic carbocycles. The molecular formula is C16H32N2O3. The highest BCUT2D eigenvalue weighted by molar-refractivity contribution is 5.67. The van der Waals surface area contributed by atoms with Gasteiger partial charge in [0.15, 0.2) is 0 Å². The SMILES string of the molecule is COC1CCCC(NCCCN(C)C(=O)OC(C)(C)C)C1. The highest BCUT2D eigenvalue weighted by Gasteiger charge is 2.21. The lowest BCUT2D eigenvalue weighted by Gasteiger charge is -2.29. The molecule has 1 rings (SSSR count). The highest BCUT2D eigenvalue weighted by Crippen LogP contribution is 2.20. The Morgan fingerprint density at radius 1 is 1.33 bits per heavy atom. The van der Waals surface area contributed by atoms with Crippen molar-refractivity contribution in [3.63, 3.8) is 0 Å². The Kier molecular flexibility index (Phi) is 7.46. The number of hydrogen-bond acceptors (Lipinski definition) is 4. The summed E-state index contributed by atoms with van der Waals surface area (Å²) >= 11 is 0. The van der Waals surface area contributed by atoms with Gasteiger partial charge in [-0.3, -0.25) is 0 Å². The van der Waals surface area contributed by atoms with Crippen molar-refractivity contribution in [2.45, 2.75) is 70.6 Å². The van der Waals surface area contributed by atoms with Crippen LogP contribution in [0.15, 0.2) is 0 Å². The minimum absolute atomic E-state index is 0.250. The third-order valence-electron chi connectivity index (χ3n) is 3.77. The summed E-state index contributed by atoms with van der Waals surface area (Å²) in [5.41, 5.74) is -0.430. The Morgan fingerprint density at radius 3 is 2.67 bits per heavy atom. The van der Waals surface area contributed by atoms with Crippen LogP contribution < -0.4 is 5.32 Å². The van der Waals surface area contributed by atoms with Gasteiger partial charge < -0.3 is 19.7 Å². The van der Waals surface area contributed by atoms with E-state index in [0.717, 1.165) is 19.4 Å². The predicted molar refractivity (Wildman–Crippen MR) is 84.5 cm³/mol. The molecule has 1 aliphatic rings. The van der Waals surface area contributed by atoms with E-state index in [1.165, 1.54) is 19.3 Å². The molecule has 0 aromatic carbocycles. The van der Waals surface area contributed by atoms with E-state index < -0.39 is 5.60 Å². The van der Waals surface area contributed by atoms with Crippen molar-refractivity contribution in [3.8, 4) is 0 Å². The maximum atomic E-state index is 11.8. The van der Waals surface area contributed by atoms with Crippen LogP contribution in [0.2, 0.25) is 0 Å². The fraction of sp³-hybridized carbons (Fsp3) is 0.938. The average Bonchev–Trinajstić information content (AvgIpc) is 2.41. The molecular weight excluding hydrogens is 268 g/mol. The summed E-state index contributed by atoms with van der Waals surface area (Å²) in [4.78, 5) is 13.4. The van der Waals surface area contributed by atoms with Gasteiger partial charge in [-0.05, 0) is 59.4 Å². The number of ether oxygens (including phenoxy) is 2. The van der Waals surface area contributed by atoms with E-state index in [4.69, 9.17) is 9.47 Å². The predicted octanol–water partition coefficient (Wildman–Crippen LogP) is 2.79. The first-order valence-electron chi connectivity index (χ1n) is 8.02. The first-order valence-corrected chi connectivity index (χ1v) is 8.02. The van der Waals surface area contributed by atoms with Gasteiger partial charge in [-0.1, -0.05) is 0 Å². The van der Waals surface area contributed by atoms with Crippen LogP contribution in [0.5, 0.6) is 0 Å². The second kappa shape index (κ2) is 8.59. The summed E-state index contributed by atoms with van der Waals surface area (Å²) in [6, 6.07) is 0.551. The Bertz CT molecular complexity index is 315. The van der Waals surface area contributed by atoms with Gasteiger partial charge in [0.1, 0.15) is 5.60 Å². The number of carbonyl (C=O) groups excluding carboxylic acids is 1. The number of amides is 1. The summed E-state index contributed by atoms with van der Waals surface area (Å²) in [6.07, 6.45) is 5.81. The summed E-state index contributed by atoms with van der Waals surface area (Å²) < 4.78 is 10.8. The Labute approximate surface area is 129 Å². The monoisotopic (exact) mass is 300 g/mol. The first-order chi connectivity index (χ1) is 9.81. The quantitative estimate of drug-likeness (QED) is 0.766. The molecule has 0 radical (unpaired) electrons. The number of carbonyl (C=O) groups is 1. The van der Waals surface area contributed by atoms with Crippen LogP contribution in [0.3, 0.4) is 0 Å².